The number of carboxylic acid groups (broad SMARTS) is 1. The average molecular weight is 240 g/mol. The summed E-state index contributed by atoms with van der Waals surface area (Å²) in [7, 11) is 0. The highest BCUT2D eigenvalue weighted by molar-refractivity contribution is 6.00. The highest BCUT2D eigenvalue weighted by Crippen LogP contribution is 2.05. The quantitative estimate of drug-likeness (QED) is 0.363. The van der Waals surface area contributed by atoms with Crippen molar-refractivity contribution in [1.29, 1.82) is 0 Å². The summed E-state index contributed by atoms with van der Waals surface area (Å²) in [4.78, 5) is 13.3. The second-order valence-corrected chi connectivity index (χ2v) is 2.96. The Balaban J connectivity index is 2.64. The molecule has 92 valence electrons. The van der Waals surface area contributed by atoms with Gasteiger partial charge in [0, 0.05) is 19.1 Å². The van der Waals surface area contributed by atoms with Gasteiger partial charge in [-0.1, -0.05) is 0 Å². The molecule has 0 radical (unpaired) electrons. The van der Waals surface area contributed by atoms with Gasteiger partial charge in [-0.05, 0) is 6.07 Å². The number of nitrogens with two attached hydrogens (primary N) is 1. The maximum absolute atomic E-state index is 10.3. The van der Waals surface area contributed by atoms with Crippen molar-refractivity contribution >= 4 is 11.9 Å². The van der Waals surface area contributed by atoms with E-state index < -0.39 is 6.09 Å². The first kappa shape index (κ1) is 12.8. The average Bonchev–Trinajstić information content (AvgIpc) is 2.29. The van der Waals surface area contributed by atoms with Crippen LogP contribution in [0.2, 0.25) is 0 Å². The Morgan fingerprint density at radius 3 is 2.76 bits per heavy atom. The van der Waals surface area contributed by atoms with Crippen LogP contribution in [0.1, 0.15) is 12.1 Å². The molecule has 0 aromatic carbocycles. The zero-order valence-electron chi connectivity index (χ0n) is 8.91. The third-order valence-electron chi connectivity index (χ3n) is 1.67. The fourth-order valence-corrected chi connectivity index (χ4v) is 0.935. The van der Waals surface area contributed by atoms with Gasteiger partial charge >= 0.3 is 6.09 Å². The van der Waals surface area contributed by atoms with Crippen LogP contribution in [-0.2, 0) is 0 Å². The van der Waals surface area contributed by atoms with E-state index in [2.05, 4.69) is 15.2 Å². The molecule has 1 aromatic heterocycles. The van der Waals surface area contributed by atoms with Crippen molar-refractivity contribution in [2.24, 2.45) is 10.7 Å². The normalized spacial score (nSPS) is 11.2. The Bertz CT molecular complexity index is 404. The molecule has 1 aromatic rings. The van der Waals surface area contributed by atoms with E-state index >= 15 is 0 Å². The van der Waals surface area contributed by atoms with Gasteiger partial charge in [-0.2, -0.15) is 4.99 Å². The van der Waals surface area contributed by atoms with Crippen LogP contribution in [0.4, 0.5) is 4.79 Å². The van der Waals surface area contributed by atoms with Gasteiger partial charge in [-0.25, -0.2) is 4.79 Å². The first-order valence-corrected chi connectivity index (χ1v) is 4.78. The molecule has 0 unspecified atom stereocenters. The lowest BCUT2D eigenvalue weighted by molar-refractivity contribution is 0.205. The lowest BCUT2D eigenvalue weighted by Gasteiger charge is -2.03. The first-order valence-electron chi connectivity index (χ1n) is 4.78. The van der Waals surface area contributed by atoms with Crippen LogP contribution in [0.3, 0.4) is 0 Å². The van der Waals surface area contributed by atoms with Crippen LogP contribution >= 0.6 is 0 Å². The molecule has 1 amide bonds. The number of rotatable bonds is 5. The number of aliphatic imine (C=N–C) groups is 1. The van der Waals surface area contributed by atoms with Crippen LogP contribution in [-0.4, -0.2) is 45.6 Å². The molecule has 17 heavy (non-hydrogen) atoms. The molecule has 4 N–H and O–H groups in total. The second kappa shape index (κ2) is 6.38. The molecular weight excluding hydrogens is 228 g/mol. The number of hydrogen-bond acceptors (Lipinski definition) is 5. The zero-order chi connectivity index (χ0) is 12.7. The Kier molecular flexibility index (Phi) is 4.82. The van der Waals surface area contributed by atoms with Crippen molar-refractivity contribution in [2.75, 3.05) is 13.2 Å². The van der Waals surface area contributed by atoms with Gasteiger partial charge < -0.3 is 20.7 Å². The predicted octanol–water partition coefficient (Wildman–Crippen LogP) is -0.379. The zero-order valence-corrected chi connectivity index (χ0v) is 8.91. The van der Waals surface area contributed by atoms with E-state index in [1.807, 2.05) is 0 Å². The van der Waals surface area contributed by atoms with Crippen LogP contribution in [0.5, 0.6) is 5.88 Å². The van der Waals surface area contributed by atoms with Gasteiger partial charge in [-0.3, -0.25) is 0 Å². The van der Waals surface area contributed by atoms with Gasteiger partial charge in [0.05, 0.1) is 6.61 Å². The summed E-state index contributed by atoms with van der Waals surface area (Å²) in [6.45, 7) is 0.354. The largest absolute Gasteiger partial charge is 0.477 e. The summed E-state index contributed by atoms with van der Waals surface area (Å²) >= 11 is 0. The third-order valence-corrected chi connectivity index (χ3v) is 1.67. The van der Waals surface area contributed by atoms with Crippen molar-refractivity contribution in [3.8, 4) is 5.88 Å². The maximum atomic E-state index is 10.3. The standard InChI is InChI=1S/C9H12N4O4/c10-8(11-9(15)16)6-2-3-7(13-12-6)17-5-1-4-14/h2-3,14H,1,4-5H2,(H2,10,11)(H,15,16). The number of amidine groups is 1. The van der Waals surface area contributed by atoms with Crippen LogP contribution in [0.15, 0.2) is 17.1 Å². The smallest absolute Gasteiger partial charge is 0.433 e. The molecular formula is C9H12N4O4. The minimum atomic E-state index is -1.40. The Labute approximate surface area is 96.8 Å². The Morgan fingerprint density at radius 1 is 1.47 bits per heavy atom. The van der Waals surface area contributed by atoms with Crippen LogP contribution in [0, 0.1) is 0 Å². The molecule has 0 saturated heterocycles. The number of hydrogen-bond donors (Lipinski definition) is 3. The molecule has 8 heteroatoms. The highest BCUT2D eigenvalue weighted by Gasteiger charge is 2.04. The maximum Gasteiger partial charge on any atom is 0.433 e. The van der Waals surface area contributed by atoms with Crippen molar-refractivity contribution < 1.29 is 19.7 Å². The molecule has 8 nitrogen and oxygen atoms in total. The Hall–Kier alpha value is -2.22. The number of ether oxygens (including phenoxy) is 1. The van der Waals surface area contributed by atoms with E-state index in [9.17, 15) is 4.79 Å². The minimum absolute atomic E-state index is 0.0315. The molecule has 0 spiro atoms. The van der Waals surface area contributed by atoms with Gasteiger partial charge in [0.1, 0.15) is 5.69 Å². The predicted molar refractivity (Wildman–Crippen MR) is 58.0 cm³/mol. The highest BCUT2D eigenvalue weighted by atomic mass is 16.5. The van der Waals surface area contributed by atoms with Crippen LogP contribution in [0.25, 0.3) is 0 Å². The molecule has 0 aliphatic carbocycles. The number of amides is 1. The second-order valence-electron chi connectivity index (χ2n) is 2.96. The monoisotopic (exact) mass is 240 g/mol. The van der Waals surface area contributed by atoms with E-state index in [1.165, 1.54) is 12.1 Å². The Morgan fingerprint density at radius 2 is 2.24 bits per heavy atom. The van der Waals surface area contributed by atoms with Crippen LogP contribution < -0.4 is 10.5 Å². The molecule has 0 aliphatic heterocycles. The van der Waals surface area contributed by atoms with E-state index in [1.54, 1.807) is 0 Å². The third kappa shape index (κ3) is 4.43. The molecule has 1 heterocycles. The molecule has 0 saturated carbocycles. The lowest BCUT2D eigenvalue weighted by Crippen LogP contribution is -2.17. The summed E-state index contributed by atoms with van der Waals surface area (Å²) < 4.78 is 5.13. The molecule has 0 atom stereocenters. The van der Waals surface area contributed by atoms with Crippen molar-refractivity contribution in [1.82, 2.24) is 10.2 Å². The minimum Gasteiger partial charge on any atom is -0.477 e. The summed E-state index contributed by atoms with van der Waals surface area (Å²) in [6, 6.07) is 2.94. The number of carbonyl (C=O) groups is 1. The number of aliphatic hydroxyl groups is 1. The fraction of sp³-hybridized carbons (Fsp3) is 0.333. The summed E-state index contributed by atoms with van der Waals surface area (Å²) in [5, 5.41) is 24.2. The molecule has 0 aliphatic rings. The van der Waals surface area contributed by atoms with Gasteiger partial charge in [0.15, 0.2) is 5.84 Å². The lowest BCUT2D eigenvalue weighted by atomic mass is 10.3. The molecule has 0 fully saturated rings. The van der Waals surface area contributed by atoms with Crippen molar-refractivity contribution in [3.05, 3.63) is 17.8 Å². The molecule has 0 bridgehead atoms. The van der Waals surface area contributed by atoms with Gasteiger partial charge in [0.2, 0.25) is 5.88 Å². The van der Waals surface area contributed by atoms with E-state index in [4.69, 9.17) is 20.7 Å². The fourth-order valence-electron chi connectivity index (χ4n) is 0.935. The van der Waals surface area contributed by atoms with Gasteiger partial charge in [0.25, 0.3) is 0 Å². The number of nitrogens with zero attached hydrogens (tertiary/aromatic N) is 3. The van der Waals surface area contributed by atoms with Crippen molar-refractivity contribution in [2.45, 2.75) is 6.42 Å². The summed E-state index contributed by atoms with van der Waals surface area (Å²) in [6.07, 6.45) is -0.904. The number of aromatic nitrogens is 2. The molecule has 1 rings (SSSR count). The summed E-state index contributed by atoms with van der Waals surface area (Å²) in [5.74, 6) is 0.0391. The van der Waals surface area contributed by atoms with E-state index in [-0.39, 0.29) is 24.0 Å². The first-order chi connectivity index (χ1) is 8.13. The number of aliphatic hydroxyl groups excluding tert-OH is 1. The topological polar surface area (TPSA) is 131 Å². The SMILES string of the molecule is NC(=NC(=O)O)c1ccc(OCCCO)nn1. The van der Waals surface area contributed by atoms with Gasteiger partial charge in [-0.15, -0.1) is 10.2 Å². The van der Waals surface area contributed by atoms with E-state index in [0.717, 1.165) is 0 Å². The summed E-state index contributed by atoms with van der Waals surface area (Å²) in [5.41, 5.74) is 5.51. The van der Waals surface area contributed by atoms with Crippen molar-refractivity contribution in [3.63, 3.8) is 0 Å². The van der Waals surface area contributed by atoms with E-state index in [0.29, 0.717) is 13.0 Å².